The highest BCUT2D eigenvalue weighted by Crippen LogP contribution is 2.17. The second-order valence-corrected chi connectivity index (χ2v) is 13.7. The summed E-state index contributed by atoms with van der Waals surface area (Å²) in [5, 5.41) is 9.53. The van der Waals surface area contributed by atoms with E-state index in [0.717, 1.165) is 50.4 Å². The van der Waals surface area contributed by atoms with Crippen molar-refractivity contribution in [3.05, 3.63) is 0 Å². The lowest BCUT2D eigenvalue weighted by Gasteiger charge is -2.15. The van der Waals surface area contributed by atoms with Gasteiger partial charge in [0.2, 0.25) is 0 Å². The van der Waals surface area contributed by atoms with Gasteiger partial charge in [-0.05, 0) is 24.7 Å². The van der Waals surface area contributed by atoms with Crippen LogP contribution in [-0.4, -0.2) is 36.4 Å². The Hall–Kier alpha value is -1.10. The van der Waals surface area contributed by atoms with E-state index >= 15 is 0 Å². The summed E-state index contributed by atoms with van der Waals surface area (Å²) in [4.78, 5) is 24.2. The quantitative estimate of drug-likeness (QED) is 0.0591. The van der Waals surface area contributed by atoms with Crippen LogP contribution in [0.5, 0.6) is 0 Å². The number of unbranched alkanes of at least 4 members (excludes halogenated alkanes) is 20. The van der Waals surface area contributed by atoms with Gasteiger partial charge in [-0.2, -0.15) is 0 Å². The Morgan fingerprint density at radius 2 is 0.907 bits per heavy atom. The number of rotatable bonds is 33. The Kier molecular flexibility index (Phi) is 31.5. The summed E-state index contributed by atoms with van der Waals surface area (Å²) < 4.78 is 10.6. The molecule has 1 unspecified atom stereocenters. The summed E-state index contributed by atoms with van der Waals surface area (Å²) in [7, 11) is 0. The lowest BCUT2D eigenvalue weighted by atomic mass is 9.99. The molecule has 5 heteroatoms. The van der Waals surface area contributed by atoms with E-state index < -0.39 is 6.10 Å². The maximum absolute atomic E-state index is 12.1. The van der Waals surface area contributed by atoms with Crippen LogP contribution in [-0.2, 0) is 19.1 Å². The number of aliphatic hydroxyl groups excluding tert-OH is 1. The molecule has 256 valence electrons. The van der Waals surface area contributed by atoms with Gasteiger partial charge in [-0.15, -0.1) is 0 Å². The lowest BCUT2D eigenvalue weighted by Crippen LogP contribution is -2.28. The average molecular weight is 611 g/mol. The maximum Gasteiger partial charge on any atom is 0.306 e. The Morgan fingerprint density at radius 3 is 1.30 bits per heavy atom. The molecular weight excluding hydrogens is 536 g/mol. The largest absolute Gasteiger partial charge is 0.462 e. The van der Waals surface area contributed by atoms with Crippen molar-refractivity contribution in [2.75, 3.05) is 13.2 Å². The van der Waals surface area contributed by atoms with Crippen molar-refractivity contribution in [3.8, 4) is 0 Å². The zero-order valence-electron chi connectivity index (χ0n) is 29.3. The van der Waals surface area contributed by atoms with E-state index in [1.54, 1.807) is 0 Å². The molecule has 0 bridgehead atoms. The molecule has 0 saturated carbocycles. The van der Waals surface area contributed by atoms with Gasteiger partial charge in [0.1, 0.15) is 6.61 Å². The Morgan fingerprint density at radius 1 is 0.535 bits per heavy atom. The molecule has 0 spiro atoms. The number of aliphatic hydroxyl groups is 1. The molecule has 0 saturated heterocycles. The predicted molar refractivity (Wildman–Crippen MR) is 182 cm³/mol. The van der Waals surface area contributed by atoms with E-state index in [1.165, 1.54) is 122 Å². The minimum Gasteiger partial charge on any atom is -0.462 e. The molecule has 0 aliphatic carbocycles. The number of hydrogen-bond donors (Lipinski definition) is 1. The Balaban J connectivity index is 3.53. The van der Waals surface area contributed by atoms with Crippen molar-refractivity contribution in [2.45, 2.75) is 207 Å². The summed E-state index contributed by atoms with van der Waals surface area (Å²) in [6.07, 6.45) is 31.5. The SMILES string of the molecule is CCC(C)CCCCCCCCCCCCC(=O)O[C@@H](CO)COC(=O)CCCCCCCCCCCCCCC(C)C. The zero-order valence-corrected chi connectivity index (χ0v) is 29.3. The standard InChI is InChI=1S/C38H74O5/c1-5-35(4)29-25-21-17-13-10-11-15-19-23-27-31-38(41)43-36(32-39)33-42-37(40)30-26-22-18-14-9-7-6-8-12-16-20-24-28-34(2)3/h34-36,39H,5-33H2,1-4H3/t35?,36-/m0/s1. The van der Waals surface area contributed by atoms with Gasteiger partial charge >= 0.3 is 11.9 Å². The first-order valence-corrected chi connectivity index (χ1v) is 18.8. The molecule has 0 aromatic carbocycles. The first kappa shape index (κ1) is 41.9. The van der Waals surface area contributed by atoms with E-state index in [-0.39, 0.29) is 25.2 Å². The molecule has 1 N–H and O–H groups in total. The van der Waals surface area contributed by atoms with Crippen LogP contribution in [0.25, 0.3) is 0 Å². The molecule has 0 fully saturated rings. The van der Waals surface area contributed by atoms with Gasteiger partial charge in [-0.3, -0.25) is 9.59 Å². The first-order chi connectivity index (χ1) is 20.9. The Bertz CT molecular complexity index is 605. The number of hydrogen-bond acceptors (Lipinski definition) is 5. The molecule has 0 aromatic heterocycles. The highest BCUT2D eigenvalue weighted by Gasteiger charge is 2.16. The normalized spacial score (nSPS) is 12.9. The number of carbonyl (C=O) groups is 2. The minimum absolute atomic E-state index is 0.0591. The average Bonchev–Trinajstić information content (AvgIpc) is 2.99. The summed E-state index contributed by atoms with van der Waals surface area (Å²) in [5.41, 5.74) is 0. The van der Waals surface area contributed by atoms with Crippen LogP contribution in [0.3, 0.4) is 0 Å². The summed E-state index contributed by atoms with van der Waals surface area (Å²) in [6.45, 7) is 8.86. The van der Waals surface area contributed by atoms with Crippen molar-refractivity contribution < 1.29 is 24.2 Å². The fraction of sp³-hybridized carbons (Fsp3) is 0.947. The Labute approximate surface area is 268 Å². The molecule has 0 aliphatic heterocycles. The highest BCUT2D eigenvalue weighted by molar-refractivity contribution is 5.70. The molecular formula is C38H74O5. The molecule has 0 aromatic rings. The minimum atomic E-state index is -0.762. The molecule has 5 nitrogen and oxygen atoms in total. The predicted octanol–water partition coefficient (Wildman–Crippen LogP) is 11.3. The zero-order chi connectivity index (χ0) is 31.8. The number of esters is 2. The van der Waals surface area contributed by atoms with Gasteiger partial charge in [-0.25, -0.2) is 0 Å². The smallest absolute Gasteiger partial charge is 0.306 e. The van der Waals surface area contributed by atoms with Crippen molar-refractivity contribution in [2.24, 2.45) is 11.8 Å². The number of carbonyl (C=O) groups excluding carboxylic acids is 2. The van der Waals surface area contributed by atoms with E-state index in [4.69, 9.17) is 9.47 Å². The third kappa shape index (κ3) is 32.1. The van der Waals surface area contributed by atoms with Crippen LogP contribution >= 0.6 is 0 Å². The van der Waals surface area contributed by atoms with Crippen LogP contribution in [0.4, 0.5) is 0 Å². The molecule has 43 heavy (non-hydrogen) atoms. The number of ether oxygens (including phenoxy) is 2. The monoisotopic (exact) mass is 611 g/mol. The maximum atomic E-state index is 12.1. The topological polar surface area (TPSA) is 72.8 Å². The van der Waals surface area contributed by atoms with Crippen molar-refractivity contribution >= 4 is 11.9 Å². The fourth-order valence-corrected chi connectivity index (χ4v) is 5.60. The molecule has 2 atom stereocenters. The van der Waals surface area contributed by atoms with Gasteiger partial charge < -0.3 is 14.6 Å². The van der Waals surface area contributed by atoms with Crippen LogP contribution < -0.4 is 0 Å². The second kappa shape index (κ2) is 32.3. The van der Waals surface area contributed by atoms with Crippen LogP contribution in [0.1, 0.15) is 201 Å². The van der Waals surface area contributed by atoms with Crippen molar-refractivity contribution in [1.82, 2.24) is 0 Å². The van der Waals surface area contributed by atoms with Gasteiger partial charge in [0.25, 0.3) is 0 Å². The van der Waals surface area contributed by atoms with E-state index in [9.17, 15) is 14.7 Å². The summed E-state index contributed by atoms with van der Waals surface area (Å²) in [5.74, 6) is 1.14. The van der Waals surface area contributed by atoms with Gasteiger partial charge in [0, 0.05) is 12.8 Å². The van der Waals surface area contributed by atoms with E-state index in [0.29, 0.717) is 12.8 Å². The first-order valence-electron chi connectivity index (χ1n) is 18.8. The van der Waals surface area contributed by atoms with Crippen molar-refractivity contribution in [3.63, 3.8) is 0 Å². The second-order valence-electron chi connectivity index (χ2n) is 13.7. The summed E-state index contributed by atoms with van der Waals surface area (Å²) >= 11 is 0. The third-order valence-electron chi connectivity index (χ3n) is 8.87. The fourth-order valence-electron chi connectivity index (χ4n) is 5.60. The summed E-state index contributed by atoms with van der Waals surface area (Å²) in [6, 6.07) is 0. The third-order valence-corrected chi connectivity index (χ3v) is 8.87. The van der Waals surface area contributed by atoms with E-state index in [2.05, 4.69) is 27.7 Å². The van der Waals surface area contributed by atoms with Gasteiger partial charge in [-0.1, -0.05) is 175 Å². The van der Waals surface area contributed by atoms with Crippen LogP contribution in [0.15, 0.2) is 0 Å². The lowest BCUT2D eigenvalue weighted by molar-refractivity contribution is -0.161. The van der Waals surface area contributed by atoms with Gasteiger partial charge in [0.15, 0.2) is 6.10 Å². The molecule has 0 heterocycles. The molecule has 0 radical (unpaired) electrons. The molecule has 0 amide bonds. The van der Waals surface area contributed by atoms with E-state index in [1.807, 2.05) is 0 Å². The van der Waals surface area contributed by atoms with Crippen LogP contribution in [0.2, 0.25) is 0 Å². The van der Waals surface area contributed by atoms with Gasteiger partial charge in [0.05, 0.1) is 6.61 Å². The molecule has 0 rings (SSSR count). The molecule has 0 aliphatic rings. The van der Waals surface area contributed by atoms with Crippen molar-refractivity contribution in [1.29, 1.82) is 0 Å². The van der Waals surface area contributed by atoms with Crippen LogP contribution in [0, 0.1) is 11.8 Å². The highest BCUT2D eigenvalue weighted by atomic mass is 16.6.